The number of rotatable bonds is 6. The quantitative estimate of drug-likeness (QED) is 0.434. The van der Waals surface area contributed by atoms with E-state index in [0.717, 1.165) is 0 Å². The summed E-state index contributed by atoms with van der Waals surface area (Å²) in [7, 11) is -3.97. The van der Waals surface area contributed by atoms with Gasteiger partial charge >= 0.3 is 0 Å². The van der Waals surface area contributed by atoms with Gasteiger partial charge in [0.2, 0.25) is 0 Å². The van der Waals surface area contributed by atoms with Gasteiger partial charge in [0.1, 0.15) is 5.82 Å². The summed E-state index contributed by atoms with van der Waals surface area (Å²) in [5.74, 6) is -1.10. The number of sulfonamides is 1. The van der Waals surface area contributed by atoms with Crippen LogP contribution < -0.4 is 10.1 Å². The molecule has 0 spiro atoms. The molecule has 0 bridgehead atoms. The van der Waals surface area contributed by atoms with Crippen molar-refractivity contribution in [1.82, 2.24) is 5.43 Å². The molecule has 0 heterocycles. The topological polar surface area (TPSA) is 87.6 Å². The van der Waals surface area contributed by atoms with Gasteiger partial charge in [0.05, 0.1) is 21.3 Å². The van der Waals surface area contributed by atoms with Gasteiger partial charge in [-0.25, -0.2) is 18.2 Å². The lowest BCUT2D eigenvalue weighted by Crippen LogP contribution is -2.20. The number of nitrogens with one attached hydrogen (secondary N) is 2. The van der Waals surface area contributed by atoms with Gasteiger partial charge in [-0.2, -0.15) is 5.10 Å². The Morgan fingerprint density at radius 1 is 1.00 bits per heavy atom. The van der Waals surface area contributed by atoms with E-state index in [1.165, 1.54) is 42.5 Å². The van der Waals surface area contributed by atoms with Gasteiger partial charge in [0.15, 0.2) is 0 Å². The van der Waals surface area contributed by atoms with Crippen LogP contribution in [0.2, 0.25) is 5.02 Å². The number of benzene rings is 3. The van der Waals surface area contributed by atoms with Crippen molar-refractivity contribution in [3.05, 3.63) is 94.8 Å². The third-order valence-corrected chi connectivity index (χ3v) is 5.81. The Kier molecular flexibility index (Phi) is 6.49. The van der Waals surface area contributed by atoms with E-state index in [1.54, 1.807) is 37.3 Å². The second-order valence-electron chi connectivity index (χ2n) is 6.23. The van der Waals surface area contributed by atoms with Crippen molar-refractivity contribution in [2.45, 2.75) is 11.8 Å². The number of hydrazone groups is 1. The van der Waals surface area contributed by atoms with E-state index in [2.05, 4.69) is 15.2 Å². The van der Waals surface area contributed by atoms with Crippen molar-refractivity contribution in [2.24, 2.45) is 5.10 Å². The summed E-state index contributed by atoms with van der Waals surface area (Å²) >= 11 is 6.00. The molecule has 154 valence electrons. The Morgan fingerprint density at radius 3 is 2.43 bits per heavy atom. The number of halogens is 2. The Labute approximate surface area is 178 Å². The van der Waals surface area contributed by atoms with Gasteiger partial charge in [0, 0.05) is 11.1 Å². The first-order valence-electron chi connectivity index (χ1n) is 8.75. The number of para-hydroxylation sites is 1. The standard InChI is InChI=1S/C21H17ClFN3O3S/c1-14(17-9-2-4-11-19(17)23)24-25-21(27)15-7-6-8-16(13-15)30(28,29)26-20-12-5-3-10-18(20)22/h2-13,26H,1H3,(H,25,27)/b24-14+. The molecular formula is C21H17ClFN3O3S. The third-order valence-electron chi connectivity index (χ3n) is 4.11. The fourth-order valence-electron chi connectivity index (χ4n) is 2.57. The highest BCUT2D eigenvalue weighted by Gasteiger charge is 2.17. The molecule has 0 unspecified atom stereocenters. The summed E-state index contributed by atoms with van der Waals surface area (Å²) in [6.45, 7) is 1.55. The number of carbonyl (C=O) groups excluding carboxylic acids is 1. The number of amides is 1. The first-order valence-corrected chi connectivity index (χ1v) is 10.6. The van der Waals surface area contributed by atoms with Crippen molar-refractivity contribution < 1.29 is 17.6 Å². The van der Waals surface area contributed by atoms with Crippen LogP contribution in [0.15, 0.2) is 82.8 Å². The predicted octanol–water partition coefficient (Wildman–Crippen LogP) is 4.43. The number of carbonyl (C=O) groups is 1. The third kappa shape index (κ3) is 5.03. The average Bonchev–Trinajstić information content (AvgIpc) is 2.74. The molecule has 3 aromatic carbocycles. The lowest BCUT2D eigenvalue weighted by atomic mass is 10.1. The molecule has 0 aliphatic heterocycles. The molecule has 1 amide bonds. The van der Waals surface area contributed by atoms with Crippen LogP contribution in [-0.4, -0.2) is 20.0 Å². The van der Waals surface area contributed by atoms with E-state index in [-0.39, 0.29) is 32.4 Å². The van der Waals surface area contributed by atoms with Gasteiger partial charge in [-0.1, -0.05) is 48.0 Å². The average molecular weight is 446 g/mol. The highest BCUT2D eigenvalue weighted by atomic mass is 35.5. The molecular weight excluding hydrogens is 429 g/mol. The van der Waals surface area contributed by atoms with Crippen LogP contribution in [0.4, 0.5) is 10.1 Å². The lowest BCUT2D eigenvalue weighted by Gasteiger charge is -2.10. The van der Waals surface area contributed by atoms with E-state index in [4.69, 9.17) is 11.6 Å². The van der Waals surface area contributed by atoms with Crippen molar-refractivity contribution in [3.8, 4) is 0 Å². The number of nitrogens with zero attached hydrogens (tertiary/aromatic N) is 1. The van der Waals surface area contributed by atoms with E-state index in [1.807, 2.05) is 0 Å². The Balaban J connectivity index is 1.79. The molecule has 0 radical (unpaired) electrons. The zero-order valence-electron chi connectivity index (χ0n) is 15.8. The molecule has 6 nitrogen and oxygen atoms in total. The van der Waals surface area contributed by atoms with E-state index in [9.17, 15) is 17.6 Å². The van der Waals surface area contributed by atoms with Crippen LogP contribution in [0.1, 0.15) is 22.8 Å². The minimum Gasteiger partial charge on any atom is -0.278 e. The second kappa shape index (κ2) is 9.06. The Morgan fingerprint density at radius 2 is 1.70 bits per heavy atom. The Hall–Kier alpha value is -3.23. The SMILES string of the molecule is C/C(=N\NC(=O)c1cccc(S(=O)(=O)Nc2ccccc2Cl)c1)c1ccccc1F. The number of hydrogen-bond donors (Lipinski definition) is 2. The minimum absolute atomic E-state index is 0.0714. The van der Waals surface area contributed by atoms with E-state index < -0.39 is 21.7 Å². The lowest BCUT2D eigenvalue weighted by molar-refractivity contribution is 0.0954. The summed E-state index contributed by atoms with van der Waals surface area (Å²) in [4.78, 5) is 12.3. The summed E-state index contributed by atoms with van der Waals surface area (Å²) in [6, 6.07) is 17.9. The normalized spacial score (nSPS) is 11.8. The fraction of sp³-hybridized carbons (Fsp3) is 0.0476. The summed E-state index contributed by atoms with van der Waals surface area (Å²) in [6.07, 6.45) is 0. The summed E-state index contributed by atoms with van der Waals surface area (Å²) in [5.41, 5.74) is 3.12. The smallest absolute Gasteiger partial charge is 0.271 e. The molecule has 0 atom stereocenters. The molecule has 9 heteroatoms. The molecule has 3 rings (SSSR count). The monoisotopic (exact) mass is 445 g/mol. The maximum absolute atomic E-state index is 13.8. The number of hydrogen-bond acceptors (Lipinski definition) is 4. The van der Waals surface area contributed by atoms with Crippen molar-refractivity contribution in [2.75, 3.05) is 4.72 Å². The molecule has 30 heavy (non-hydrogen) atoms. The molecule has 0 aliphatic rings. The van der Waals surface area contributed by atoms with E-state index >= 15 is 0 Å². The van der Waals surface area contributed by atoms with Crippen LogP contribution in [0.25, 0.3) is 0 Å². The first kappa shape index (κ1) is 21.5. The van der Waals surface area contributed by atoms with Gasteiger partial charge < -0.3 is 0 Å². The summed E-state index contributed by atoms with van der Waals surface area (Å²) < 4.78 is 41.5. The van der Waals surface area contributed by atoms with Gasteiger partial charge in [-0.3, -0.25) is 9.52 Å². The molecule has 0 aliphatic carbocycles. The van der Waals surface area contributed by atoms with Crippen molar-refractivity contribution >= 4 is 38.9 Å². The summed E-state index contributed by atoms with van der Waals surface area (Å²) in [5, 5.41) is 4.14. The van der Waals surface area contributed by atoms with Crippen LogP contribution in [0.5, 0.6) is 0 Å². The van der Waals surface area contributed by atoms with Crippen LogP contribution in [0, 0.1) is 5.82 Å². The van der Waals surface area contributed by atoms with Gasteiger partial charge in [0.25, 0.3) is 15.9 Å². The second-order valence-corrected chi connectivity index (χ2v) is 8.32. The highest BCUT2D eigenvalue weighted by Crippen LogP contribution is 2.24. The predicted molar refractivity (Wildman–Crippen MR) is 115 cm³/mol. The molecule has 2 N–H and O–H groups in total. The van der Waals surface area contributed by atoms with E-state index in [0.29, 0.717) is 0 Å². The van der Waals surface area contributed by atoms with Crippen LogP contribution in [-0.2, 0) is 10.0 Å². The maximum Gasteiger partial charge on any atom is 0.271 e. The zero-order chi connectivity index (χ0) is 21.7. The number of anilines is 1. The molecule has 0 saturated heterocycles. The molecule has 3 aromatic rings. The molecule has 0 saturated carbocycles. The van der Waals surface area contributed by atoms with Crippen molar-refractivity contribution in [3.63, 3.8) is 0 Å². The zero-order valence-corrected chi connectivity index (χ0v) is 17.3. The maximum atomic E-state index is 13.8. The molecule has 0 fully saturated rings. The largest absolute Gasteiger partial charge is 0.278 e. The molecule has 0 aromatic heterocycles. The van der Waals surface area contributed by atoms with Gasteiger partial charge in [-0.15, -0.1) is 0 Å². The Bertz CT molecular complexity index is 1230. The van der Waals surface area contributed by atoms with Gasteiger partial charge in [-0.05, 0) is 43.3 Å². The van der Waals surface area contributed by atoms with Crippen molar-refractivity contribution in [1.29, 1.82) is 0 Å². The fourth-order valence-corrected chi connectivity index (χ4v) is 3.93. The highest BCUT2D eigenvalue weighted by molar-refractivity contribution is 7.92. The minimum atomic E-state index is -3.97. The van der Waals surface area contributed by atoms with Crippen LogP contribution in [0.3, 0.4) is 0 Å². The first-order chi connectivity index (χ1) is 14.3. The van der Waals surface area contributed by atoms with Crippen LogP contribution >= 0.6 is 11.6 Å².